The Kier molecular flexibility index (Phi) is 5.51. The van der Waals surface area contributed by atoms with E-state index < -0.39 is 0 Å². The fraction of sp³-hybridized carbons (Fsp3) is 0.211. The summed E-state index contributed by atoms with van der Waals surface area (Å²) in [5.41, 5.74) is 3.34. The molecule has 3 rings (SSSR count). The second-order valence-corrected chi connectivity index (χ2v) is 6.00. The molecule has 0 bridgehead atoms. The van der Waals surface area contributed by atoms with Crippen molar-refractivity contribution in [3.8, 4) is 16.9 Å². The zero-order valence-corrected chi connectivity index (χ0v) is 14.3. The van der Waals surface area contributed by atoms with E-state index >= 15 is 0 Å². The van der Waals surface area contributed by atoms with E-state index in [-0.39, 0.29) is 6.10 Å². The van der Waals surface area contributed by atoms with Crippen LogP contribution >= 0.6 is 11.6 Å². The van der Waals surface area contributed by atoms with Crippen molar-refractivity contribution in [3.63, 3.8) is 0 Å². The number of benzene rings is 2. The molecule has 0 radical (unpaired) electrons. The van der Waals surface area contributed by atoms with Crippen LogP contribution in [0.2, 0.25) is 5.02 Å². The number of rotatable bonds is 7. The second kappa shape index (κ2) is 7.99. The molecule has 1 unspecified atom stereocenters. The second-order valence-electron chi connectivity index (χ2n) is 5.57. The lowest BCUT2D eigenvalue weighted by molar-refractivity contribution is 0.195. The van der Waals surface area contributed by atoms with Crippen LogP contribution in [-0.2, 0) is 0 Å². The highest BCUT2D eigenvalue weighted by Crippen LogP contribution is 2.28. The van der Waals surface area contributed by atoms with Crippen molar-refractivity contribution < 1.29 is 4.74 Å². The Morgan fingerprint density at radius 3 is 2.67 bits per heavy atom. The lowest BCUT2D eigenvalue weighted by Crippen LogP contribution is -2.16. The monoisotopic (exact) mass is 341 g/mol. The molecule has 0 saturated carbocycles. The summed E-state index contributed by atoms with van der Waals surface area (Å²) in [6.07, 6.45) is 4.54. The molecule has 2 N–H and O–H groups in total. The Bertz CT molecular complexity index is 757. The van der Waals surface area contributed by atoms with Crippen LogP contribution in [0.5, 0.6) is 5.75 Å². The smallest absolute Gasteiger partial charge is 0.125 e. The quantitative estimate of drug-likeness (QED) is 0.667. The van der Waals surface area contributed by atoms with Gasteiger partial charge in [0.1, 0.15) is 11.9 Å². The van der Waals surface area contributed by atoms with Gasteiger partial charge in [0.25, 0.3) is 0 Å². The third-order valence-corrected chi connectivity index (χ3v) is 4.08. The predicted molar refractivity (Wildman–Crippen MR) is 97.4 cm³/mol. The highest BCUT2D eigenvalue weighted by atomic mass is 35.5. The molecule has 3 aromatic rings. The third-order valence-electron chi connectivity index (χ3n) is 3.84. The molecule has 1 aromatic heterocycles. The van der Waals surface area contributed by atoms with Crippen molar-refractivity contribution in [1.82, 2.24) is 15.5 Å². The van der Waals surface area contributed by atoms with Crippen molar-refractivity contribution >= 4 is 11.6 Å². The topological polar surface area (TPSA) is 49.9 Å². The number of nitrogens with one attached hydrogen (secondary N) is 2. The van der Waals surface area contributed by atoms with Gasteiger partial charge in [-0.05, 0) is 42.9 Å². The van der Waals surface area contributed by atoms with Gasteiger partial charge in [-0.2, -0.15) is 5.10 Å². The summed E-state index contributed by atoms with van der Waals surface area (Å²) in [6, 6.07) is 15.9. The summed E-state index contributed by atoms with van der Waals surface area (Å²) in [5.74, 6) is 0.780. The average molecular weight is 342 g/mol. The van der Waals surface area contributed by atoms with E-state index in [4.69, 9.17) is 16.3 Å². The molecule has 0 spiro atoms. The Labute approximate surface area is 146 Å². The van der Waals surface area contributed by atoms with Gasteiger partial charge in [0.2, 0.25) is 0 Å². The van der Waals surface area contributed by atoms with Crippen molar-refractivity contribution in [2.45, 2.75) is 12.5 Å². The first-order valence-electron chi connectivity index (χ1n) is 7.92. The Morgan fingerprint density at radius 1 is 1.17 bits per heavy atom. The molecule has 24 heavy (non-hydrogen) atoms. The minimum absolute atomic E-state index is 0.0330. The van der Waals surface area contributed by atoms with Gasteiger partial charge in [-0.15, -0.1) is 0 Å². The molecule has 0 fully saturated rings. The van der Waals surface area contributed by atoms with Crippen LogP contribution in [0.25, 0.3) is 11.1 Å². The zero-order valence-electron chi connectivity index (χ0n) is 13.5. The van der Waals surface area contributed by atoms with Gasteiger partial charge < -0.3 is 10.1 Å². The number of hydrogen-bond acceptors (Lipinski definition) is 3. The summed E-state index contributed by atoms with van der Waals surface area (Å²) in [4.78, 5) is 0. The molecule has 0 saturated heterocycles. The third kappa shape index (κ3) is 4.16. The molecule has 4 nitrogen and oxygen atoms in total. The molecule has 5 heteroatoms. The first-order valence-corrected chi connectivity index (χ1v) is 8.30. The van der Waals surface area contributed by atoms with Gasteiger partial charge in [0, 0.05) is 23.2 Å². The largest absolute Gasteiger partial charge is 0.486 e. The fourth-order valence-corrected chi connectivity index (χ4v) is 2.75. The number of aromatic nitrogens is 2. The van der Waals surface area contributed by atoms with E-state index in [0.29, 0.717) is 5.02 Å². The van der Waals surface area contributed by atoms with Crippen LogP contribution in [0.4, 0.5) is 0 Å². The summed E-state index contributed by atoms with van der Waals surface area (Å²) < 4.78 is 6.17. The highest BCUT2D eigenvalue weighted by molar-refractivity contribution is 6.30. The number of hydrogen-bond donors (Lipinski definition) is 2. The number of aromatic amines is 1. The van der Waals surface area contributed by atoms with Crippen molar-refractivity contribution in [2.75, 3.05) is 13.6 Å². The Balaban J connectivity index is 1.80. The van der Waals surface area contributed by atoms with Crippen LogP contribution in [-0.4, -0.2) is 23.8 Å². The summed E-state index contributed by atoms with van der Waals surface area (Å²) in [7, 11) is 1.94. The fourth-order valence-electron chi connectivity index (χ4n) is 2.57. The summed E-state index contributed by atoms with van der Waals surface area (Å²) >= 11 is 6.06. The lowest BCUT2D eigenvalue weighted by Gasteiger charge is -2.20. The minimum atomic E-state index is -0.0330. The van der Waals surface area contributed by atoms with Gasteiger partial charge in [0.05, 0.1) is 6.20 Å². The molecule has 0 aliphatic carbocycles. The van der Waals surface area contributed by atoms with Gasteiger partial charge in [-0.25, -0.2) is 0 Å². The number of H-pyrrole nitrogens is 1. The maximum Gasteiger partial charge on any atom is 0.125 e. The molecule has 0 aliphatic heterocycles. The maximum absolute atomic E-state index is 6.17. The minimum Gasteiger partial charge on any atom is -0.486 e. The molecular formula is C19H20ClN3O. The van der Waals surface area contributed by atoms with E-state index in [2.05, 4.69) is 39.8 Å². The van der Waals surface area contributed by atoms with Crippen LogP contribution < -0.4 is 10.1 Å². The van der Waals surface area contributed by atoms with E-state index in [0.717, 1.165) is 35.4 Å². The van der Waals surface area contributed by atoms with Crippen molar-refractivity contribution in [3.05, 3.63) is 71.5 Å². The van der Waals surface area contributed by atoms with Crippen LogP contribution in [0.15, 0.2) is 60.9 Å². The van der Waals surface area contributed by atoms with E-state index in [9.17, 15) is 0 Å². The Hall–Kier alpha value is -2.30. The van der Waals surface area contributed by atoms with Crippen molar-refractivity contribution in [2.24, 2.45) is 0 Å². The van der Waals surface area contributed by atoms with E-state index in [1.165, 1.54) is 0 Å². The normalized spacial score (nSPS) is 12.1. The molecule has 2 aromatic carbocycles. The standard InChI is InChI=1S/C19H20ClN3O/c1-21-10-9-19(24-18-4-2-3-17(20)11-18)15-7-5-14(6-8-15)16-12-22-23-13-16/h2-8,11-13,19,21H,9-10H2,1H3,(H,22,23). The highest BCUT2D eigenvalue weighted by Gasteiger charge is 2.14. The molecule has 1 heterocycles. The number of ether oxygens (including phenoxy) is 1. The number of nitrogens with zero attached hydrogens (tertiary/aromatic N) is 1. The molecule has 1 atom stereocenters. The van der Waals surface area contributed by atoms with Gasteiger partial charge in [-0.3, -0.25) is 5.10 Å². The summed E-state index contributed by atoms with van der Waals surface area (Å²) in [6.45, 7) is 0.870. The lowest BCUT2D eigenvalue weighted by atomic mass is 10.0. The maximum atomic E-state index is 6.17. The van der Waals surface area contributed by atoms with Gasteiger partial charge >= 0.3 is 0 Å². The van der Waals surface area contributed by atoms with E-state index in [1.807, 2.05) is 43.7 Å². The first kappa shape index (κ1) is 16.6. The Morgan fingerprint density at radius 2 is 2.00 bits per heavy atom. The first-order chi connectivity index (χ1) is 11.8. The van der Waals surface area contributed by atoms with Gasteiger partial charge in [0.15, 0.2) is 0 Å². The molecule has 0 amide bonds. The molecule has 124 valence electrons. The molecular weight excluding hydrogens is 322 g/mol. The van der Waals surface area contributed by atoms with Gasteiger partial charge in [-0.1, -0.05) is 41.9 Å². The average Bonchev–Trinajstić information content (AvgIpc) is 3.13. The zero-order chi connectivity index (χ0) is 16.8. The van der Waals surface area contributed by atoms with Crippen LogP contribution in [0.1, 0.15) is 18.1 Å². The molecule has 0 aliphatic rings. The van der Waals surface area contributed by atoms with Crippen LogP contribution in [0.3, 0.4) is 0 Å². The number of halogens is 1. The SMILES string of the molecule is CNCCC(Oc1cccc(Cl)c1)c1ccc(-c2cn[nH]c2)cc1. The van der Waals surface area contributed by atoms with Crippen molar-refractivity contribution in [1.29, 1.82) is 0 Å². The van der Waals surface area contributed by atoms with E-state index in [1.54, 1.807) is 0 Å². The summed E-state index contributed by atoms with van der Waals surface area (Å²) in [5, 5.41) is 10.7. The predicted octanol–water partition coefficient (Wildman–Crippen LogP) is 4.46. The van der Waals surface area contributed by atoms with Crippen LogP contribution in [0, 0.1) is 0 Å².